The minimum Gasteiger partial charge on any atom is -0.386 e. The number of aliphatic hydroxyl groups is 1. The Labute approximate surface area is 148 Å². The molecule has 0 aliphatic heterocycles. The average Bonchev–Trinajstić information content (AvgIpc) is 3.08. The SMILES string of the molecule is CN(CCc1ccccc1)Cc1cn(CC(O)c2ccccc2)nn1. The van der Waals surface area contributed by atoms with Gasteiger partial charge in [0.2, 0.25) is 0 Å². The molecule has 0 amide bonds. The molecule has 130 valence electrons. The van der Waals surface area contributed by atoms with Gasteiger partial charge in [0.05, 0.1) is 18.3 Å². The second-order valence-corrected chi connectivity index (χ2v) is 6.33. The third-order valence-corrected chi connectivity index (χ3v) is 4.19. The Morgan fingerprint density at radius 1 is 1.04 bits per heavy atom. The van der Waals surface area contributed by atoms with E-state index in [1.54, 1.807) is 4.68 Å². The highest BCUT2D eigenvalue weighted by molar-refractivity contribution is 5.17. The van der Waals surface area contributed by atoms with Crippen LogP contribution in [0.15, 0.2) is 66.9 Å². The maximum absolute atomic E-state index is 10.3. The molecular formula is C20H24N4O. The van der Waals surface area contributed by atoms with Crippen molar-refractivity contribution in [3.63, 3.8) is 0 Å². The van der Waals surface area contributed by atoms with Gasteiger partial charge in [-0.15, -0.1) is 5.10 Å². The van der Waals surface area contributed by atoms with E-state index in [0.29, 0.717) is 6.54 Å². The van der Waals surface area contributed by atoms with Gasteiger partial charge in [-0.2, -0.15) is 0 Å². The number of aliphatic hydroxyl groups excluding tert-OH is 1. The maximum atomic E-state index is 10.3. The lowest BCUT2D eigenvalue weighted by Gasteiger charge is -2.14. The van der Waals surface area contributed by atoms with Crippen LogP contribution in [-0.2, 0) is 19.5 Å². The van der Waals surface area contributed by atoms with Crippen LogP contribution >= 0.6 is 0 Å². The van der Waals surface area contributed by atoms with Gasteiger partial charge in [0.25, 0.3) is 0 Å². The summed E-state index contributed by atoms with van der Waals surface area (Å²) in [7, 11) is 2.08. The molecule has 1 aromatic heterocycles. The van der Waals surface area contributed by atoms with Crippen molar-refractivity contribution in [2.45, 2.75) is 25.6 Å². The lowest BCUT2D eigenvalue weighted by atomic mass is 10.1. The number of hydrogen-bond donors (Lipinski definition) is 1. The van der Waals surface area contributed by atoms with Gasteiger partial charge in [-0.1, -0.05) is 65.9 Å². The zero-order chi connectivity index (χ0) is 17.5. The van der Waals surface area contributed by atoms with Crippen molar-refractivity contribution in [1.82, 2.24) is 19.9 Å². The van der Waals surface area contributed by atoms with Crippen molar-refractivity contribution in [2.75, 3.05) is 13.6 Å². The number of likely N-dealkylation sites (N-methyl/N-ethyl adjacent to an activating group) is 1. The molecule has 0 spiro atoms. The van der Waals surface area contributed by atoms with E-state index in [1.165, 1.54) is 5.56 Å². The Morgan fingerprint density at radius 3 is 2.44 bits per heavy atom. The molecule has 1 N–H and O–H groups in total. The maximum Gasteiger partial charge on any atom is 0.0986 e. The van der Waals surface area contributed by atoms with E-state index in [0.717, 1.165) is 30.8 Å². The molecule has 0 saturated carbocycles. The van der Waals surface area contributed by atoms with E-state index in [2.05, 4.69) is 46.5 Å². The van der Waals surface area contributed by atoms with E-state index in [4.69, 9.17) is 0 Å². The zero-order valence-corrected chi connectivity index (χ0v) is 14.5. The zero-order valence-electron chi connectivity index (χ0n) is 14.5. The predicted octanol–water partition coefficient (Wildman–Crippen LogP) is 2.69. The molecule has 1 unspecified atom stereocenters. The summed E-state index contributed by atoms with van der Waals surface area (Å²) in [6.45, 7) is 2.11. The Morgan fingerprint density at radius 2 is 1.72 bits per heavy atom. The van der Waals surface area contributed by atoms with Gasteiger partial charge in [-0.25, -0.2) is 4.68 Å². The molecule has 0 bridgehead atoms. The summed E-state index contributed by atoms with van der Waals surface area (Å²) < 4.78 is 1.71. The molecule has 2 aromatic carbocycles. The highest BCUT2D eigenvalue weighted by Crippen LogP contribution is 2.14. The highest BCUT2D eigenvalue weighted by atomic mass is 16.3. The first-order valence-electron chi connectivity index (χ1n) is 8.55. The van der Waals surface area contributed by atoms with Crippen molar-refractivity contribution in [2.24, 2.45) is 0 Å². The second kappa shape index (κ2) is 8.55. The second-order valence-electron chi connectivity index (χ2n) is 6.33. The van der Waals surface area contributed by atoms with Crippen molar-refractivity contribution in [3.8, 4) is 0 Å². The largest absolute Gasteiger partial charge is 0.386 e. The molecule has 5 heteroatoms. The Hall–Kier alpha value is -2.50. The van der Waals surface area contributed by atoms with Crippen LogP contribution in [0.2, 0.25) is 0 Å². The molecular weight excluding hydrogens is 312 g/mol. The molecule has 5 nitrogen and oxygen atoms in total. The summed E-state index contributed by atoms with van der Waals surface area (Å²) in [6, 6.07) is 20.1. The molecule has 3 rings (SSSR count). The van der Waals surface area contributed by atoms with Crippen molar-refractivity contribution < 1.29 is 5.11 Å². The monoisotopic (exact) mass is 336 g/mol. The van der Waals surface area contributed by atoms with Crippen molar-refractivity contribution >= 4 is 0 Å². The lowest BCUT2D eigenvalue weighted by Crippen LogP contribution is -2.21. The molecule has 3 aromatic rings. The normalized spacial score (nSPS) is 12.4. The summed E-state index contributed by atoms with van der Waals surface area (Å²) >= 11 is 0. The van der Waals surface area contributed by atoms with Gasteiger partial charge < -0.3 is 10.0 Å². The first kappa shape index (κ1) is 17.3. The molecule has 1 heterocycles. The van der Waals surface area contributed by atoms with Gasteiger partial charge in [0.15, 0.2) is 0 Å². The van der Waals surface area contributed by atoms with E-state index in [-0.39, 0.29) is 0 Å². The molecule has 0 fully saturated rings. The van der Waals surface area contributed by atoms with E-state index < -0.39 is 6.10 Å². The fourth-order valence-corrected chi connectivity index (χ4v) is 2.78. The van der Waals surface area contributed by atoms with E-state index >= 15 is 0 Å². The van der Waals surface area contributed by atoms with Crippen LogP contribution in [0.1, 0.15) is 22.9 Å². The van der Waals surface area contributed by atoms with Crippen LogP contribution in [0.4, 0.5) is 0 Å². The fourth-order valence-electron chi connectivity index (χ4n) is 2.78. The highest BCUT2D eigenvalue weighted by Gasteiger charge is 2.10. The number of rotatable bonds is 8. The molecule has 0 aliphatic rings. The van der Waals surface area contributed by atoms with Crippen molar-refractivity contribution in [3.05, 3.63) is 83.7 Å². The standard InChI is InChI=1S/C20H24N4O/c1-23(13-12-17-8-4-2-5-9-17)14-19-15-24(22-21-19)16-20(25)18-10-6-3-7-11-18/h2-11,15,20,25H,12-14,16H2,1H3. The summed E-state index contributed by atoms with van der Waals surface area (Å²) in [5.41, 5.74) is 3.14. The Kier molecular flexibility index (Phi) is 5.93. The third-order valence-electron chi connectivity index (χ3n) is 4.19. The van der Waals surface area contributed by atoms with Gasteiger partial charge in [-0.3, -0.25) is 0 Å². The molecule has 0 aliphatic carbocycles. The molecule has 0 saturated heterocycles. The first-order chi connectivity index (χ1) is 12.2. The van der Waals surface area contributed by atoms with Crippen LogP contribution in [0.5, 0.6) is 0 Å². The van der Waals surface area contributed by atoms with E-state index in [1.807, 2.05) is 42.6 Å². The Bertz CT molecular complexity index is 758. The first-order valence-corrected chi connectivity index (χ1v) is 8.55. The minimum atomic E-state index is -0.577. The van der Waals surface area contributed by atoms with Crippen LogP contribution in [-0.4, -0.2) is 38.6 Å². The molecule has 1 atom stereocenters. The van der Waals surface area contributed by atoms with Crippen LogP contribution in [0, 0.1) is 0 Å². The summed E-state index contributed by atoms with van der Waals surface area (Å²) in [4.78, 5) is 2.23. The predicted molar refractivity (Wildman–Crippen MR) is 97.9 cm³/mol. The smallest absolute Gasteiger partial charge is 0.0986 e. The number of hydrogen-bond acceptors (Lipinski definition) is 4. The van der Waals surface area contributed by atoms with Crippen LogP contribution in [0.3, 0.4) is 0 Å². The topological polar surface area (TPSA) is 54.2 Å². The average molecular weight is 336 g/mol. The third kappa shape index (κ3) is 5.24. The van der Waals surface area contributed by atoms with Crippen LogP contribution in [0.25, 0.3) is 0 Å². The summed E-state index contributed by atoms with van der Waals surface area (Å²) in [5.74, 6) is 0. The number of nitrogens with zero attached hydrogens (tertiary/aromatic N) is 4. The van der Waals surface area contributed by atoms with Gasteiger partial charge >= 0.3 is 0 Å². The Balaban J connectivity index is 1.49. The fraction of sp³-hybridized carbons (Fsp3) is 0.300. The number of aromatic nitrogens is 3. The molecule has 25 heavy (non-hydrogen) atoms. The van der Waals surface area contributed by atoms with Gasteiger partial charge in [0.1, 0.15) is 0 Å². The van der Waals surface area contributed by atoms with Gasteiger partial charge in [-0.05, 0) is 24.6 Å². The summed E-state index contributed by atoms with van der Waals surface area (Å²) in [6.07, 6.45) is 2.34. The van der Waals surface area contributed by atoms with Crippen molar-refractivity contribution in [1.29, 1.82) is 0 Å². The number of benzene rings is 2. The minimum absolute atomic E-state index is 0.407. The van der Waals surface area contributed by atoms with Crippen LogP contribution < -0.4 is 0 Å². The molecule has 0 radical (unpaired) electrons. The van der Waals surface area contributed by atoms with Gasteiger partial charge in [0, 0.05) is 19.3 Å². The quantitative estimate of drug-likeness (QED) is 0.687. The lowest BCUT2D eigenvalue weighted by molar-refractivity contribution is 0.150. The summed E-state index contributed by atoms with van der Waals surface area (Å²) in [5, 5.41) is 18.6. The van der Waals surface area contributed by atoms with E-state index in [9.17, 15) is 5.11 Å².